The van der Waals surface area contributed by atoms with E-state index < -0.39 is 29.3 Å². The average molecular weight is 594 g/mol. The number of aromatic nitrogens is 2. The van der Waals surface area contributed by atoms with Crippen molar-refractivity contribution in [2.24, 2.45) is 0 Å². The average Bonchev–Trinajstić information content (AvgIpc) is 3.55. The van der Waals surface area contributed by atoms with Gasteiger partial charge in [0.1, 0.15) is 29.2 Å². The van der Waals surface area contributed by atoms with E-state index >= 15 is 4.39 Å². The summed E-state index contributed by atoms with van der Waals surface area (Å²) in [6.07, 6.45) is 1.88. The molecular weight excluding hydrogens is 568 g/mol. The first-order valence-electron chi connectivity index (χ1n) is 12.9. The second-order valence-corrected chi connectivity index (χ2v) is 11.4. The third kappa shape index (κ3) is 6.15. The highest BCUT2D eigenvalue weighted by Gasteiger charge is 2.49. The molecule has 210 valence electrons. The number of carbonyl (C=O) groups excluding carboxylic acids is 2. The molecule has 1 aliphatic rings. The van der Waals surface area contributed by atoms with E-state index in [1.165, 1.54) is 42.1 Å². The summed E-state index contributed by atoms with van der Waals surface area (Å²) in [6, 6.07) is 17.0. The molecule has 0 saturated carbocycles. The van der Waals surface area contributed by atoms with Crippen LogP contribution < -0.4 is 9.64 Å². The third-order valence-electron chi connectivity index (χ3n) is 6.42. The van der Waals surface area contributed by atoms with Gasteiger partial charge >= 0.3 is 5.91 Å². The van der Waals surface area contributed by atoms with Crippen molar-refractivity contribution in [3.05, 3.63) is 107 Å². The highest BCUT2D eigenvalue weighted by Crippen LogP contribution is 2.44. The fourth-order valence-corrected chi connectivity index (χ4v) is 6.13. The lowest BCUT2D eigenvalue weighted by atomic mass is 9.95. The summed E-state index contributed by atoms with van der Waals surface area (Å²) in [6.45, 7) is 2.60. The van der Waals surface area contributed by atoms with Crippen LogP contribution in [0.4, 0.5) is 13.9 Å². The number of halogens is 2. The van der Waals surface area contributed by atoms with Gasteiger partial charge in [-0.25, -0.2) is 8.78 Å². The van der Waals surface area contributed by atoms with Gasteiger partial charge in [-0.15, -0.1) is 10.2 Å². The minimum atomic E-state index is -1.26. The van der Waals surface area contributed by atoms with E-state index in [9.17, 15) is 19.1 Å². The Balaban J connectivity index is 1.49. The summed E-state index contributed by atoms with van der Waals surface area (Å²) in [5.74, 6) is -2.26. The van der Waals surface area contributed by atoms with E-state index in [1.807, 2.05) is 0 Å². The number of ether oxygens (including phenoxy) is 1. The van der Waals surface area contributed by atoms with E-state index in [0.29, 0.717) is 22.4 Å². The van der Waals surface area contributed by atoms with Crippen molar-refractivity contribution < 1.29 is 28.2 Å². The first-order valence-corrected chi connectivity index (χ1v) is 14.7. The molecule has 1 amide bonds. The Labute approximate surface area is 243 Å². The molecular formula is C30H25F2N3O4S2. The zero-order chi connectivity index (χ0) is 28.9. The predicted molar refractivity (Wildman–Crippen MR) is 154 cm³/mol. The van der Waals surface area contributed by atoms with Crippen LogP contribution in [0.15, 0.2) is 82.7 Å². The topological polar surface area (TPSA) is 92.6 Å². The summed E-state index contributed by atoms with van der Waals surface area (Å²) in [5.41, 5.74) is 0.917. The van der Waals surface area contributed by atoms with Crippen molar-refractivity contribution in [3.63, 3.8) is 0 Å². The molecule has 1 unspecified atom stereocenters. The Morgan fingerprint density at radius 3 is 2.46 bits per heavy atom. The molecule has 3 aromatic carbocycles. The number of thioether (sulfide) groups is 1. The highest BCUT2D eigenvalue weighted by atomic mass is 32.2. The lowest BCUT2D eigenvalue weighted by molar-refractivity contribution is -0.132. The minimum Gasteiger partial charge on any atom is -0.507 e. The van der Waals surface area contributed by atoms with Gasteiger partial charge in [-0.3, -0.25) is 14.5 Å². The van der Waals surface area contributed by atoms with Crippen LogP contribution in [0.25, 0.3) is 5.76 Å². The second kappa shape index (κ2) is 12.6. The van der Waals surface area contributed by atoms with Gasteiger partial charge in [0, 0.05) is 16.9 Å². The number of carbonyl (C=O) groups is 2. The van der Waals surface area contributed by atoms with Crippen molar-refractivity contribution in [1.82, 2.24) is 10.2 Å². The summed E-state index contributed by atoms with van der Waals surface area (Å²) >= 11 is 2.39. The standard InChI is InChI=1S/C30H25F2N3O4S2/c1-2-3-16-39-21-14-10-19(11-15-21)26(36)24-25(22-6-4-5-7-23(22)32)35(28(38)27(24)37)29-33-34-30(41-29)40-17-18-8-12-20(31)13-9-18/h4-15,25,36H,2-3,16-17H2,1H3. The largest absolute Gasteiger partial charge is 0.507 e. The van der Waals surface area contributed by atoms with E-state index in [2.05, 4.69) is 17.1 Å². The maximum absolute atomic E-state index is 15.1. The minimum absolute atomic E-state index is 0.0310. The zero-order valence-corrected chi connectivity index (χ0v) is 23.6. The number of amides is 1. The first-order chi connectivity index (χ1) is 19.9. The summed E-state index contributed by atoms with van der Waals surface area (Å²) in [5, 5.41) is 19.6. The van der Waals surface area contributed by atoms with Crippen LogP contribution in [-0.2, 0) is 15.3 Å². The molecule has 2 heterocycles. The van der Waals surface area contributed by atoms with Gasteiger partial charge in [-0.05, 0) is 54.4 Å². The van der Waals surface area contributed by atoms with Gasteiger partial charge < -0.3 is 9.84 Å². The smallest absolute Gasteiger partial charge is 0.301 e. The van der Waals surface area contributed by atoms with Crippen molar-refractivity contribution in [2.45, 2.75) is 35.9 Å². The van der Waals surface area contributed by atoms with Crippen molar-refractivity contribution >= 4 is 45.7 Å². The molecule has 11 heteroatoms. The Morgan fingerprint density at radius 1 is 1.02 bits per heavy atom. The number of ketones is 1. The number of Topliss-reactive ketones (excluding diaryl/α,β-unsaturated/α-hetero) is 1. The van der Waals surface area contributed by atoms with Gasteiger partial charge in [-0.2, -0.15) is 0 Å². The van der Waals surface area contributed by atoms with Gasteiger partial charge in [0.2, 0.25) is 5.13 Å². The Kier molecular flexibility index (Phi) is 8.75. The number of benzene rings is 3. The van der Waals surface area contributed by atoms with Gasteiger partial charge in [-0.1, -0.05) is 66.8 Å². The lowest BCUT2D eigenvalue weighted by Crippen LogP contribution is -2.29. The van der Waals surface area contributed by atoms with Gasteiger partial charge in [0.25, 0.3) is 5.78 Å². The van der Waals surface area contributed by atoms with Crippen LogP contribution in [0, 0.1) is 11.6 Å². The third-order valence-corrected chi connectivity index (χ3v) is 8.54. The number of aliphatic hydroxyl groups excluding tert-OH is 1. The molecule has 0 spiro atoms. The Morgan fingerprint density at radius 2 is 1.76 bits per heavy atom. The van der Waals surface area contributed by atoms with E-state index in [4.69, 9.17) is 4.74 Å². The molecule has 1 atom stereocenters. The maximum Gasteiger partial charge on any atom is 0.301 e. The molecule has 5 rings (SSSR count). The first kappa shape index (κ1) is 28.4. The van der Waals surface area contributed by atoms with Crippen LogP contribution >= 0.6 is 23.1 Å². The number of unbranched alkanes of at least 4 members (excludes halogenated alkanes) is 1. The molecule has 0 bridgehead atoms. The van der Waals surface area contributed by atoms with Crippen LogP contribution in [0.3, 0.4) is 0 Å². The quantitative estimate of drug-likeness (QED) is 0.0533. The monoisotopic (exact) mass is 593 g/mol. The van der Waals surface area contributed by atoms with E-state index in [0.717, 1.165) is 34.6 Å². The van der Waals surface area contributed by atoms with E-state index in [-0.39, 0.29) is 27.6 Å². The summed E-state index contributed by atoms with van der Waals surface area (Å²) in [7, 11) is 0. The molecule has 1 aliphatic heterocycles. The van der Waals surface area contributed by atoms with Crippen molar-refractivity contribution in [1.29, 1.82) is 0 Å². The number of nitrogens with zero attached hydrogens (tertiary/aromatic N) is 3. The highest BCUT2D eigenvalue weighted by molar-refractivity contribution is 8.00. The fourth-order valence-electron chi connectivity index (χ4n) is 4.30. The predicted octanol–water partition coefficient (Wildman–Crippen LogP) is 6.91. The van der Waals surface area contributed by atoms with Crippen LogP contribution in [0.1, 0.15) is 42.5 Å². The Bertz CT molecular complexity index is 1590. The number of aliphatic hydroxyl groups is 1. The fraction of sp³-hybridized carbons (Fsp3) is 0.200. The van der Waals surface area contributed by atoms with Crippen LogP contribution in [-0.4, -0.2) is 33.6 Å². The molecule has 1 saturated heterocycles. The normalized spacial score (nSPS) is 16.4. The summed E-state index contributed by atoms with van der Waals surface area (Å²) in [4.78, 5) is 27.8. The number of rotatable bonds is 10. The molecule has 7 nitrogen and oxygen atoms in total. The van der Waals surface area contributed by atoms with Crippen molar-refractivity contribution in [2.75, 3.05) is 11.5 Å². The second-order valence-electron chi connectivity index (χ2n) is 9.18. The number of hydrogen-bond donors (Lipinski definition) is 1. The van der Waals surface area contributed by atoms with Crippen LogP contribution in [0.5, 0.6) is 5.75 Å². The molecule has 0 radical (unpaired) electrons. The molecule has 1 fully saturated rings. The lowest BCUT2D eigenvalue weighted by Gasteiger charge is -2.22. The molecule has 41 heavy (non-hydrogen) atoms. The molecule has 1 aromatic heterocycles. The number of hydrogen-bond acceptors (Lipinski definition) is 8. The zero-order valence-electron chi connectivity index (χ0n) is 21.9. The SMILES string of the molecule is CCCCOc1ccc(C(O)=C2C(=O)C(=O)N(c3nnc(SCc4ccc(F)cc4)s3)C2c2ccccc2F)cc1. The molecule has 4 aromatic rings. The molecule has 1 N–H and O–H groups in total. The van der Waals surface area contributed by atoms with Crippen molar-refractivity contribution in [3.8, 4) is 5.75 Å². The molecule has 0 aliphatic carbocycles. The summed E-state index contributed by atoms with van der Waals surface area (Å²) < 4.78 is 34.5. The Hall–Kier alpha value is -4.09. The van der Waals surface area contributed by atoms with Crippen LogP contribution in [0.2, 0.25) is 0 Å². The number of anilines is 1. The van der Waals surface area contributed by atoms with Gasteiger partial charge in [0.15, 0.2) is 4.34 Å². The van der Waals surface area contributed by atoms with E-state index in [1.54, 1.807) is 42.5 Å². The van der Waals surface area contributed by atoms with Gasteiger partial charge in [0.05, 0.1) is 12.2 Å². The maximum atomic E-state index is 15.1.